The molecule has 0 saturated heterocycles. The third kappa shape index (κ3) is 3.99. The van der Waals surface area contributed by atoms with Crippen molar-refractivity contribution >= 4 is 6.03 Å². The van der Waals surface area contributed by atoms with E-state index in [2.05, 4.69) is 15.7 Å². The van der Waals surface area contributed by atoms with E-state index in [9.17, 15) is 18.0 Å². The van der Waals surface area contributed by atoms with E-state index in [1.54, 1.807) is 0 Å². The van der Waals surface area contributed by atoms with Gasteiger partial charge < -0.3 is 10.6 Å². The Morgan fingerprint density at radius 2 is 1.77 bits per heavy atom. The van der Waals surface area contributed by atoms with Gasteiger partial charge in [0.05, 0.1) is 12.2 Å². The molecule has 8 heteroatoms. The van der Waals surface area contributed by atoms with Crippen LogP contribution >= 0.6 is 0 Å². The smallest absolute Gasteiger partial charge is 0.338 e. The summed E-state index contributed by atoms with van der Waals surface area (Å²) in [5.41, 5.74) is 0.680. The van der Waals surface area contributed by atoms with Gasteiger partial charge in [-0.2, -0.15) is 18.3 Å². The maximum absolute atomic E-state index is 12.3. The number of carbonyl (C=O) groups excluding carboxylic acids is 1. The highest BCUT2D eigenvalue weighted by atomic mass is 19.4. The molecule has 26 heavy (non-hydrogen) atoms. The zero-order chi connectivity index (χ0) is 18.4. The Morgan fingerprint density at radius 1 is 1.15 bits per heavy atom. The highest BCUT2D eigenvalue weighted by Gasteiger charge is 2.50. The van der Waals surface area contributed by atoms with Gasteiger partial charge in [0.1, 0.15) is 6.54 Å². The topological polar surface area (TPSA) is 59.0 Å². The zero-order valence-corrected chi connectivity index (χ0v) is 14.7. The van der Waals surface area contributed by atoms with Crippen molar-refractivity contribution in [2.45, 2.75) is 57.8 Å². The van der Waals surface area contributed by atoms with Gasteiger partial charge in [-0.15, -0.1) is 0 Å². The average molecular weight is 370 g/mol. The number of hydrogen-bond acceptors (Lipinski definition) is 2. The number of amides is 2. The molecule has 4 aliphatic carbocycles. The predicted octanol–water partition coefficient (Wildman–Crippen LogP) is 3.46. The SMILES string of the molecule is O=C(NCc1ccn(CC(F)(F)F)n1)NCC12CC3CC(CC(C3)C1)C2. The molecule has 0 aromatic carbocycles. The largest absolute Gasteiger partial charge is 0.408 e. The number of nitrogens with zero attached hydrogens (tertiary/aromatic N) is 2. The van der Waals surface area contributed by atoms with E-state index in [1.807, 2.05) is 0 Å². The molecule has 0 spiro atoms. The van der Waals surface area contributed by atoms with Gasteiger partial charge in [0.2, 0.25) is 0 Å². The normalized spacial score (nSPS) is 32.7. The zero-order valence-electron chi connectivity index (χ0n) is 14.7. The van der Waals surface area contributed by atoms with E-state index in [0.29, 0.717) is 12.2 Å². The van der Waals surface area contributed by atoms with Crippen LogP contribution < -0.4 is 10.6 Å². The lowest BCUT2D eigenvalue weighted by Gasteiger charge is -2.56. The molecule has 5 nitrogen and oxygen atoms in total. The van der Waals surface area contributed by atoms with Crippen LogP contribution in [-0.2, 0) is 13.1 Å². The van der Waals surface area contributed by atoms with E-state index < -0.39 is 12.7 Å². The summed E-state index contributed by atoms with van der Waals surface area (Å²) >= 11 is 0. The fraction of sp³-hybridized carbons (Fsp3) is 0.778. The molecule has 144 valence electrons. The van der Waals surface area contributed by atoms with E-state index in [4.69, 9.17) is 0 Å². The second-order valence-electron chi connectivity index (χ2n) is 8.57. The number of rotatable bonds is 5. The molecular weight excluding hydrogens is 345 g/mol. The van der Waals surface area contributed by atoms with Crippen molar-refractivity contribution in [1.82, 2.24) is 20.4 Å². The van der Waals surface area contributed by atoms with E-state index in [1.165, 1.54) is 50.8 Å². The monoisotopic (exact) mass is 370 g/mol. The standard InChI is InChI=1S/C18H25F3N4O/c19-18(20,21)11-25-2-1-15(24-25)9-22-16(26)23-10-17-6-12-3-13(7-17)5-14(4-12)8-17/h1-2,12-14H,3-11H2,(H2,22,23,26). The highest BCUT2D eigenvalue weighted by molar-refractivity contribution is 5.73. The summed E-state index contributed by atoms with van der Waals surface area (Å²) in [6, 6.07) is 1.22. The molecule has 1 aromatic rings. The van der Waals surface area contributed by atoms with Crippen LogP contribution in [0.1, 0.15) is 44.2 Å². The Balaban J connectivity index is 1.24. The maximum Gasteiger partial charge on any atom is 0.408 e. The number of carbonyl (C=O) groups is 1. The van der Waals surface area contributed by atoms with Crippen molar-refractivity contribution in [2.75, 3.05) is 6.54 Å². The van der Waals surface area contributed by atoms with Gasteiger partial charge in [-0.3, -0.25) is 4.68 Å². The Morgan fingerprint density at radius 3 is 2.35 bits per heavy atom. The molecule has 2 amide bonds. The lowest BCUT2D eigenvalue weighted by Crippen LogP contribution is -2.52. The number of hydrogen-bond donors (Lipinski definition) is 2. The lowest BCUT2D eigenvalue weighted by atomic mass is 9.49. The minimum atomic E-state index is -4.30. The minimum absolute atomic E-state index is 0.123. The first-order chi connectivity index (χ1) is 12.3. The summed E-state index contributed by atoms with van der Waals surface area (Å²) < 4.78 is 37.8. The molecule has 4 fully saturated rings. The fourth-order valence-electron chi connectivity index (χ4n) is 5.78. The van der Waals surface area contributed by atoms with Gasteiger partial charge >= 0.3 is 12.2 Å². The Kier molecular flexibility index (Phi) is 4.39. The van der Waals surface area contributed by atoms with Crippen LogP contribution in [-0.4, -0.2) is 28.5 Å². The van der Waals surface area contributed by atoms with Crippen LogP contribution in [0.5, 0.6) is 0 Å². The Bertz CT molecular complexity index is 634. The van der Waals surface area contributed by atoms with Gasteiger partial charge in [0.25, 0.3) is 0 Å². The van der Waals surface area contributed by atoms with Crippen LogP contribution in [0.25, 0.3) is 0 Å². The molecule has 4 aliphatic rings. The van der Waals surface area contributed by atoms with Gasteiger partial charge in [-0.25, -0.2) is 4.79 Å². The number of nitrogens with one attached hydrogen (secondary N) is 2. The molecule has 1 aromatic heterocycles. The van der Waals surface area contributed by atoms with Gasteiger partial charge in [-0.1, -0.05) is 0 Å². The molecule has 2 N–H and O–H groups in total. The van der Waals surface area contributed by atoms with Crippen LogP contribution in [0, 0.1) is 23.2 Å². The molecule has 4 bridgehead atoms. The number of urea groups is 1. The highest BCUT2D eigenvalue weighted by Crippen LogP contribution is 2.59. The molecular formula is C18H25F3N4O. The van der Waals surface area contributed by atoms with Crippen molar-refractivity contribution in [3.05, 3.63) is 18.0 Å². The number of aromatic nitrogens is 2. The van der Waals surface area contributed by atoms with E-state index in [-0.39, 0.29) is 18.0 Å². The molecule has 1 heterocycles. The summed E-state index contributed by atoms with van der Waals surface area (Å²) in [6.45, 7) is -0.298. The average Bonchev–Trinajstić information content (AvgIpc) is 2.95. The Hall–Kier alpha value is -1.73. The molecule has 5 rings (SSSR count). The van der Waals surface area contributed by atoms with Crippen LogP contribution in [0.4, 0.5) is 18.0 Å². The first-order valence-electron chi connectivity index (χ1n) is 9.39. The lowest BCUT2D eigenvalue weighted by molar-refractivity contribution is -0.142. The maximum atomic E-state index is 12.3. The molecule has 0 atom stereocenters. The molecule has 0 radical (unpaired) electrons. The van der Waals surface area contributed by atoms with Crippen LogP contribution in [0.2, 0.25) is 0 Å². The van der Waals surface area contributed by atoms with Gasteiger partial charge in [0, 0.05) is 12.7 Å². The predicted molar refractivity (Wildman–Crippen MR) is 89.1 cm³/mol. The van der Waals surface area contributed by atoms with Crippen molar-refractivity contribution in [3.63, 3.8) is 0 Å². The molecule has 4 saturated carbocycles. The first-order valence-corrected chi connectivity index (χ1v) is 9.39. The van der Waals surface area contributed by atoms with Crippen LogP contribution in [0.3, 0.4) is 0 Å². The number of alkyl halides is 3. The van der Waals surface area contributed by atoms with Crippen molar-refractivity contribution < 1.29 is 18.0 Å². The first kappa shape index (κ1) is 17.7. The summed E-state index contributed by atoms with van der Waals surface area (Å²) in [5, 5.41) is 9.53. The third-order valence-corrected chi connectivity index (χ3v) is 6.26. The molecule has 0 unspecified atom stereocenters. The summed E-state index contributed by atoms with van der Waals surface area (Å²) in [4.78, 5) is 12.1. The summed E-state index contributed by atoms with van der Waals surface area (Å²) in [5.74, 6) is 2.51. The quantitative estimate of drug-likeness (QED) is 0.834. The molecule has 0 aliphatic heterocycles. The second-order valence-corrected chi connectivity index (χ2v) is 8.57. The Labute approximate surface area is 150 Å². The summed E-state index contributed by atoms with van der Waals surface area (Å²) in [7, 11) is 0. The number of halogens is 3. The third-order valence-electron chi connectivity index (χ3n) is 6.26. The second kappa shape index (κ2) is 6.46. The van der Waals surface area contributed by atoms with E-state index in [0.717, 1.165) is 22.4 Å². The van der Waals surface area contributed by atoms with Crippen molar-refractivity contribution in [3.8, 4) is 0 Å². The fourth-order valence-corrected chi connectivity index (χ4v) is 5.78. The van der Waals surface area contributed by atoms with E-state index >= 15 is 0 Å². The summed E-state index contributed by atoms with van der Waals surface area (Å²) in [6.07, 6.45) is 4.75. The minimum Gasteiger partial charge on any atom is -0.338 e. The van der Waals surface area contributed by atoms with Crippen molar-refractivity contribution in [2.24, 2.45) is 23.2 Å². The van der Waals surface area contributed by atoms with Gasteiger partial charge in [-0.05, 0) is 67.8 Å². The van der Waals surface area contributed by atoms with Crippen molar-refractivity contribution in [1.29, 1.82) is 0 Å². The van der Waals surface area contributed by atoms with Crippen LogP contribution in [0.15, 0.2) is 12.3 Å². The van der Waals surface area contributed by atoms with Gasteiger partial charge in [0.15, 0.2) is 0 Å².